The quantitative estimate of drug-likeness (QED) is 0.585. The maximum atomic E-state index is 10.2. The summed E-state index contributed by atoms with van der Waals surface area (Å²) in [4.78, 5) is 10.2. The third kappa shape index (κ3) is 6.31. The van der Waals surface area contributed by atoms with Crippen molar-refractivity contribution in [3.63, 3.8) is 0 Å². The maximum absolute atomic E-state index is 10.2. The van der Waals surface area contributed by atoms with Gasteiger partial charge in [0.2, 0.25) is 0 Å². The summed E-state index contributed by atoms with van der Waals surface area (Å²) in [6.07, 6.45) is 3.47. The number of hydrogen-bond acceptors (Lipinski definition) is 1. The van der Waals surface area contributed by atoms with Crippen LogP contribution in [0.4, 0.5) is 0 Å². The molecule has 0 aliphatic carbocycles. The molecular formula is C9H23LiOSi. The molecule has 0 saturated carbocycles. The van der Waals surface area contributed by atoms with Gasteiger partial charge in [0.25, 0.3) is 0 Å². The van der Waals surface area contributed by atoms with Crippen LogP contribution in [0.25, 0.3) is 0 Å². The average molecular weight is 182 g/mol. The van der Waals surface area contributed by atoms with Crippen LogP contribution < -0.4 is 18.9 Å². The Morgan fingerprint density at radius 3 is 1.33 bits per heavy atom. The van der Waals surface area contributed by atoms with Gasteiger partial charge in [0.05, 0.1) is 0 Å². The summed E-state index contributed by atoms with van der Waals surface area (Å²) in [6.45, 7) is 6.51. The summed E-state index contributed by atoms with van der Waals surface area (Å²) in [6, 6.07) is 3.32. The van der Waals surface area contributed by atoms with Crippen molar-refractivity contribution in [3.8, 4) is 0 Å². The molecule has 0 aromatic rings. The van der Waals surface area contributed by atoms with Gasteiger partial charge >= 0.3 is 18.9 Å². The van der Waals surface area contributed by atoms with Crippen molar-refractivity contribution in [2.75, 3.05) is 0 Å². The van der Waals surface area contributed by atoms with Crippen LogP contribution in [-0.4, -0.2) is 13.1 Å². The van der Waals surface area contributed by atoms with Crippen LogP contribution in [0.1, 0.15) is 41.5 Å². The SMILES string of the molecule is CCC[Si](O)(CCC)CCC.[H-].[Li+]. The van der Waals surface area contributed by atoms with Crippen LogP contribution in [0.2, 0.25) is 18.1 Å². The van der Waals surface area contributed by atoms with Crippen LogP contribution in [-0.2, 0) is 0 Å². The van der Waals surface area contributed by atoms with E-state index >= 15 is 0 Å². The molecule has 12 heavy (non-hydrogen) atoms. The largest absolute Gasteiger partial charge is 1.00 e. The van der Waals surface area contributed by atoms with E-state index in [4.69, 9.17) is 0 Å². The third-order valence-electron chi connectivity index (χ3n) is 2.15. The number of hydrogen-bond donors (Lipinski definition) is 1. The Kier molecular flexibility index (Phi) is 10.6. The zero-order valence-corrected chi connectivity index (χ0v) is 10.2. The summed E-state index contributed by atoms with van der Waals surface area (Å²) in [5.41, 5.74) is 0. The topological polar surface area (TPSA) is 20.2 Å². The Morgan fingerprint density at radius 2 is 1.17 bits per heavy atom. The molecule has 0 aliphatic rings. The summed E-state index contributed by atoms with van der Waals surface area (Å²) in [7, 11) is -1.75. The number of rotatable bonds is 6. The second-order valence-electron chi connectivity index (χ2n) is 3.47. The van der Waals surface area contributed by atoms with E-state index in [1.165, 1.54) is 0 Å². The summed E-state index contributed by atoms with van der Waals surface area (Å²) >= 11 is 0. The Labute approximate surface area is 91.7 Å². The van der Waals surface area contributed by atoms with E-state index in [1.807, 2.05) is 0 Å². The zero-order valence-electron chi connectivity index (χ0n) is 10.2. The molecule has 0 aromatic carbocycles. The van der Waals surface area contributed by atoms with Crippen molar-refractivity contribution in [2.45, 2.75) is 58.2 Å². The van der Waals surface area contributed by atoms with Gasteiger partial charge in [0.15, 0.2) is 8.32 Å². The molecule has 0 bridgehead atoms. The monoisotopic (exact) mass is 182 g/mol. The van der Waals surface area contributed by atoms with Gasteiger partial charge in [0, 0.05) is 0 Å². The first-order chi connectivity index (χ1) is 5.18. The summed E-state index contributed by atoms with van der Waals surface area (Å²) in [5, 5.41) is 0. The van der Waals surface area contributed by atoms with Crippen molar-refractivity contribution in [2.24, 2.45) is 0 Å². The van der Waals surface area contributed by atoms with Crippen LogP contribution in [0.15, 0.2) is 0 Å². The zero-order chi connectivity index (χ0) is 8.74. The van der Waals surface area contributed by atoms with E-state index in [0.29, 0.717) is 0 Å². The minimum absolute atomic E-state index is 0. The molecule has 1 N–H and O–H groups in total. The second-order valence-corrected chi connectivity index (χ2v) is 7.42. The second kappa shape index (κ2) is 8.38. The molecule has 1 nitrogen and oxygen atoms in total. The molecule has 0 fully saturated rings. The Bertz CT molecular complexity index is 86.6. The fourth-order valence-electron chi connectivity index (χ4n) is 1.77. The van der Waals surface area contributed by atoms with E-state index in [2.05, 4.69) is 20.8 Å². The van der Waals surface area contributed by atoms with Crippen LogP contribution in [0.5, 0.6) is 0 Å². The molecule has 0 spiro atoms. The molecule has 0 radical (unpaired) electrons. The molecule has 0 saturated heterocycles. The van der Waals surface area contributed by atoms with E-state index in [9.17, 15) is 4.80 Å². The molecule has 0 heterocycles. The van der Waals surface area contributed by atoms with Gasteiger partial charge in [-0.2, -0.15) is 0 Å². The van der Waals surface area contributed by atoms with Crippen molar-refractivity contribution in [3.05, 3.63) is 0 Å². The van der Waals surface area contributed by atoms with Gasteiger partial charge in [-0.15, -0.1) is 0 Å². The van der Waals surface area contributed by atoms with Gasteiger partial charge in [-0.1, -0.05) is 40.0 Å². The molecule has 0 amide bonds. The smallest absolute Gasteiger partial charge is 1.00 e. The first-order valence-electron chi connectivity index (χ1n) is 4.91. The van der Waals surface area contributed by atoms with E-state index < -0.39 is 8.32 Å². The fraction of sp³-hybridized carbons (Fsp3) is 1.00. The first kappa shape index (κ1) is 15.3. The third-order valence-corrected chi connectivity index (χ3v) is 6.44. The Balaban J connectivity index is -0.000000500. The Morgan fingerprint density at radius 1 is 0.917 bits per heavy atom. The standard InChI is InChI=1S/C9H22OSi.Li.H/c1-4-7-11(10,8-5-2)9-6-3;;/h10H,4-9H2,1-3H3;;/q;+1;-1. The molecule has 3 heteroatoms. The van der Waals surface area contributed by atoms with E-state index in [0.717, 1.165) is 37.4 Å². The molecular weight excluding hydrogens is 159 g/mol. The van der Waals surface area contributed by atoms with Crippen molar-refractivity contribution >= 4 is 8.32 Å². The van der Waals surface area contributed by atoms with Crippen LogP contribution >= 0.6 is 0 Å². The van der Waals surface area contributed by atoms with E-state index in [-0.39, 0.29) is 20.3 Å². The van der Waals surface area contributed by atoms with Gasteiger partial charge in [0.1, 0.15) is 0 Å². The van der Waals surface area contributed by atoms with Crippen molar-refractivity contribution in [1.82, 2.24) is 0 Å². The predicted molar refractivity (Wildman–Crippen MR) is 54.4 cm³/mol. The Hall–Kier alpha value is 0.774. The van der Waals surface area contributed by atoms with Gasteiger partial charge in [-0.25, -0.2) is 0 Å². The molecule has 0 atom stereocenters. The van der Waals surface area contributed by atoms with E-state index in [1.54, 1.807) is 0 Å². The summed E-state index contributed by atoms with van der Waals surface area (Å²) in [5.74, 6) is 0. The van der Waals surface area contributed by atoms with Crippen molar-refractivity contribution < 1.29 is 25.1 Å². The van der Waals surface area contributed by atoms with Crippen molar-refractivity contribution in [1.29, 1.82) is 0 Å². The van der Waals surface area contributed by atoms with Crippen LogP contribution in [0.3, 0.4) is 0 Å². The minimum Gasteiger partial charge on any atom is -1.00 e. The fourth-order valence-corrected chi connectivity index (χ4v) is 5.31. The predicted octanol–water partition coefficient (Wildman–Crippen LogP) is 0.271. The van der Waals surface area contributed by atoms with Crippen LogP contribution in [0, 0.1) is 0 Å². The normalized spacial score (nSPS) is 11.0. The first-order valence-corrected chi connectivity index (χ1v) is 7.47. The van der Waals surface area contributed by atoms with Gasteiger partial charge < -0.3 is 6.22 Å². The maximum Gasteiger partial charge on any atom is 1.00 e. The molecule has 0 unspecified atom stereocenters. The average Bonchev–Trinajstić information content (AvgIpc) is 1.88. The van der Waals surface area contributed by atoms with Gasteiger partial charge in [-0.3, -0.25) is 0 Å². The molecule has 0 rings (SSSR count). The summed E-state index contributed by atoms with van der Waals surface area (Å²) < 4.78 is 0. The van der Waals surface area contributed by atoms with Gasteiger partial charge in [-0.05, 0) is 18.1 Å². The minimum atomic E-state index is -1.75. The molecule has 0 aliphatic heterocycles. The molecule has 0 aromatic heterocycles. The molecule has 70 valence electrons.